The molecule has 6 nitrogen and oxygen atoms in total. The summed E-state index contributed by atoms with van der Waals surface area (Å²) in [4.78, 5) is 31.3. The lowest BCUT2D eigenvalue weighted by Gasteiger charge is -2.44. The fraction of sp³-hybridized carbons (Fsp3) is 0.619. The highest BCUT2D eigenvalue weighted by atomic mass is 16.4. The van der Waals surface area contributed by atoms with Crippen LogP contribution in [0.1, 0.15) is 24.8 Å². The molecule has 2 unspecified atom stereocenters. The molecule has 1 spiro atoms. The molecule has 4 rings (SSSR count). The van der Waals surface area contributed by atoms with Gasteiger partial charge in [0.15, 0.2) is 0 Å². The van der Waals surface area contributed by atoms with E-state index >= 15 is 0 Å². The van der Waals surface area contributed by atoms with Gasteiger partial charge in [-0.25, -0.2) is 0 Å². The number of likely N-dealkylation sites (N-methyl/N-ethyl adjacent to an activating group) is 1. The van der Waals surface area contributed by atoms with Gasteiger partial charge in [0.25, 0.3) is 0 Å². The summed E-state index contributed by atoms with van der Waals surface area (Å²) in [6.07, 6.45) is 2.83. The normalized spacial score (nSPS) is 27.6. The number of anilines is 1. The number of amides is 1. The second-order valence-electron chi connectivity index (χ2n) is 8.66. The Labute approximate surface area is 160 Å². The van der Waals surface area contributed by atoms with E-state index in [2.05, 4.69) is 36.1 Å². The molecule has 27 heavy (non-hydrogen) atoms. The molecule has 1 aromatic carbocycles. The Balaban J connectivity index is 1.43. The average molecular weight is 371 g/mol. The van der Waals surface area contributed by atoms with Crippen LogP contribution in [0.5, 0.6) is 0 Å². The van der Waals surface area contributed by atoms with Gasteiger partial charge < -0.3 is 14.9 Å². The Morgan fingerprint density at radius 1 is 1.15 bits per heavy atom. The summed E-state index contributed by atoms with van der Waals surface area (Å²) in [5, 5.41) is 9.74. The predicted octanol–water partition coefficient (Wildman–Crippen LogP) is 1.83. The Morgan fingerprint density at radius 2 is 1.85 bits per heavy atom. The van der Waals surface area contributed by atoms with E-state index in [4.69, 9.17) is 0 Å². The maximum absolute atomic E-state index is 13.2. The summed E-state index contributed by atoms with van der Waals surface area (Å²) in [5.74, 6) is -1.43. The van der Waals surface area contributed by atoms with Crippen LogP contribution in [-0.2, 0) is 9.59 Å². The zero-order chi connectivity index (χ0) is 19.2. The van der Waals surface area contributed by atoms with Crippen molar-refractivity contribution in [3.05, 3.63) is 29.8 Å². The minimum absolute atomic E-state index is 0.00991. The van der Waals surface area contributed by atoms with E-state index in [-0.39, 0.29) is 11.3 Å². The number of carbonyl (C=O) groups is 2. The lowest BCUT2D eigenvalue weighted by molar-refractivity contribution is -0.156. The highest BCUT2D eigenvalue weighted by molar-refractivity contribution is 5.88. The Kier molecular flexibility index (Phi) is 4.62. The minimum atomic E-state index is -0.829. The number of piperidine rings is 1. The molecule has 2 heterocycles. The molecule has 2 atom stereocenters. The van der Waals surface area contributed by atoms with Crippen molar-refractivity contribution in [3.63, 3.8) is 0 Å². The van der Waals surface area contributed by atoms with E-state index in [1.807, 2.05) is 16.8 Å². The SMILES string of the molecule is Cc1cccc(N2CCN(C(=O)C3C(C(=O)O)CC4(CC4)CN3C)CC2)c1. The maximum Gasteiger partial charge on any atom is 0.308 e. The zero-order valence-electron chi connectivity index (χ0n) is 16.2. The molecule has 1 amide bonds. The predicted molar refractivity (Wildman–Crippen MR) is 104 cm³/mol. The van der Waals surface area contributed by atoms with Gasteiger partial charge in [-0.2, -0.15) is 0 Å². The fourth-order valence-electron chi connectivity index (χ4n) is 4.90. The van der Waals surface area contributed by atoms with Crippen LogP contribution in [0.25, 0.3) is 0 Å². The van der Waals surface area contributed by atoms with Crippen LogP contribution < -0.4 is 4.90 Å². The first-order valence-electron chi connectivity index (χ1n) is 9.92. The third-order valence-corrected chi connectivity index (χ3v) is 6.58. The van der Waals surface area contributed by atoms with E-state index in [0.29, 0.717) is 19.5 Å². The molecule has 1 aromatic rings. The Bertz CT molecular complexity index is 738. The van der Waals surface area contributed by atoms with Crippen molar-refractivity contribution in [1.29, 1.82) is 0 Å². The van der Waals surface area contributed by atoms with Crippen molar-refractivity contribution >= 4 is 17.6 Å². The van der Waals surface area contributed by atoms with Crippen molar-refractivity contribution in [3.8, 4) is 0 Å². The number of carboxylic acids is 1. The summed E-state index contributed by atoms with van der Waals surface area (Å²) >= 11 is 0. The third kappa shape index (κ3) is 3.55. The molecular weight excluding hydrogens is 342 g/mol. The number of hydrogen-bond donors (Lipinski definition) is 1. The van der Waals surface area contributed by atoms with Crippen LogP contribution >= 0.6 is 0 Å². The van der Waals surface area contributed by atoms with Crippen LogP contribution in [0.3, 0.4) is 0 Å². The van der Waals surface area contributed by atoms with Gasteiger partial charge in [0.05, 0.1) is 5.92 Å². The van der Waals surface area contributed by atoms with Crippen LogP contribution in [0.15, 0.2) is 24.3 Å². The summed E-state index contributed by atoms with van der Waals surface area (Å²) in [7, 11) is 1.92. The lowest BCUT2D eigenvalue weighted by atomic mass is 9.80. The second kappa shape index (κ2) is 6.82. The number of hydrogen-bond acceptors (Lipinski definition) is 4. The zero-order valence-corrected chi connectivity index (χ0v) is 16.2. The van der Waals surface area contributed by atoms with E-state index in [1.165, 1.54) is 11.3 Å². The first-order chi connectivity index (χ1) is 12.9. The van der Waals surface area contributed by atoms with E-state index in [0.717, 1.165) is 32.5 Å². The molecule has 0 bridgehead atoms. The van der Waals surface area contributed by atoms with Gasteiger partial charge in [0.1, 0.15) is 6.04 Å². The number of rotatable bonds is 3. The molecule has 3 fully saturated rings. The second-order valence-corrected chi connectivity index (χ2v) is 8.66. The summed E-state index contributed by atoms with van der Waals surface area (Å²) in [6.45, 7) is 5.79. The number of likely N-dealkylation sites (tertiary alicyclic amines) is 1. The average Bonchev–Trinajstić information content (AvgIpc) is 3.39. The standard InChI is InChI=1S/C21H29N3O3/c1-15-4-3-5-16(12-15)23-8-10-24(11-9-23)19(25)18-17(20(26)27)13-21(6-7-21)14-22(18)2/h3-5,12,17-18H,6-11,13-14H2,1-2H3,(H,26,27). The monoisotopic (exact) mass is 371 g/mol. The molecule has 0 radical (unpaired) electrons. The maximum atomic E-state index is 13.2. The molecule has 1 N–H and O–H groups in total. The van der Waals surface area contributed by atoms with E-state index < -0.39 is 17.9 Å². The Hall–Kier alpha value is -2.08. The van der Waals surface area contributed by atoms with Crippen molar-refractivity contribution in [2.24, 2.45) is 11.3 Å². The first-order valence-corrected chi connectivity index (χ1v) is 9.92. The molecular formula is C21H29N3O3. The van der Waals surface area contributed by atoms with Crippen molar-refractivity contribution in [1.82, 2.24) is 9.80 Å². The fourth-order valence-corrected chi connectivity index (χ4v) is 4.90. The van der Waals surface area contributed by atoms with Crippen LogP contribution in [0.2, 0.25) is 0 Å². The number of benzene rings is 1. The molecule has 2 saturated heterocycles. The summed E-state index contributed by atoms with van der Waals surface area (Å²) < 4.78 is 0. The topological polar surface area (TPSA) is 64.1 Å². The highest BCUT2D eigenvalue weighted by Crippen LogP contribution is 2.54. The molecule has 0 aromatic heterocycles. The number of aliphatic carboxylic acids is 1. The number of nitrogens with zero attached hydrogens (tertiary/aromatic N) is 3. The van der Waals surface area contributed by atoms with E-state index in [1.54, 1.807) is 0 Å². The van der Waals surface area contributed by atoms with Crippen molar-refractivity contribution in [2.45, 2.75) is 32.2 Å². The van der Waals surface area contributed by atoms with Gasteiger partial charge in [-0.05, 0) is 56.3 Å². The van der Waals surface area contributed by atoms with Crippen LogP contribution in [-0.4, -0.2) is 72.6 Å². The van der Waals surface area contributed by atoms with Gasteiger partial charge >= 0.3 is 5.97 Å². The van der Waals surface area contributed by atoms with Crippen molar-refractivity contribution < 1.29 is 14.7 Å². The summed E-state index contributed by atoms with van der Waals surface area (Å²) in [5.41, 5.74) is 2.57. The van der Waals surface area contributed by atoms with Gasteiger partial charge in [-0.3, -0.25) is 14.5 Å². The number of piperazine rings is 1. The highest BCUT2D eigenvalue weighted by Gasteiger charge is 2.55. The molecule has 1 saturated carbocycles. The smallest absolute Gasteiger partial charge is 0.308 e. The van der Waals surface area contributed by atoms with Crippen LogP contribution in [0, 0.1) is 18.3 Å². The quantitative estimate of drug-likeness (QED) is 0.878. The summed E-state index contributed by atoms with van der Waals surface area (Å²) in [6, 6.07) is 7.89. The van der Waals surface area contributed by atoms with Crippen LogP contribution in [0.4, 0.5) is 5.69 Å². The molecule has 2 aliphatic heterocycles. The molecule has 6 heteroatoms. The number of carbonyl (C=O) groups excluding carboxylic acids is 1. The van der Waals surface area contributed by atoms with Gasteiger partial charge in [0, 0.05) is 38.4 Å². The van der Waals surface area contributed by atoms with Gasteiger partial charge in [-0.1, -0.05) is 12.1 Å². The third-order valence-electron chi connectivity index (χ3n) is 6.58. The molecule has 3 aliphatic rings. The Morgan fingerprint density at radius 3 is 2.44 bits per heavy atom. The van der Waals surface area contributed by atoms with Crippen molar-refractivity contribution in [2.75, 3.05) is 44.7 Å². The van der Waals surface area contributed by atoms with Gasteiger partial charge in [-0.15, -0.1) is 0 Å². The number of carboxylic acid groups (broad SMARTS) is 1. The molecule has 1 aliphatic carbocycles. The molecule has 146 valence electrons. The first kappa shape index (κ1) is 18.3. The largest absolute Gasteiger partial charge is 0.481 e. The van der Waals surface area contributed by atoms with Gasteiger partial charge in [0.2, 0.25) is 5.91 Å². The number of aryl methyl sites for hydroxylation is 1. The lowest BCUT2D eigenvalue weighted by Crippen LogP contribution is -2.60. The van der Waals surface area contributed by atoms with E-state index in [9.17, 15) is 14.7 Å². The minimum Gasteiger partial charge on any atom is -0.481 e.